The molecule has 0 aromatic heterocycles. The second kappa shape index (κ2) is 7.47. The van der Waals surface area contributed by atoms with Gasteiger partial charge in [0.25, 0.3) is 0 Å². The maximum Gasteiger partial charge on any atom is 0.416 e. The van der Waals surface area contributed by atoms with Crippen LogP contribution in [-0.4, -0.2) is 10.2 Å². The van der Waals surface area contributed by atoms with Gasteiger partial charge in [0.15, 0.2) is 23.1 Å². The molecular formula is C22H15F7O2. The highest BCUT2D eigenvalue weighted by molar-refractivity contribution is 5.56. The van der Waals surface area contributed by atoms with Crippen LogP contribution in [0.3, 0.4) is 0 Å². The maximum absolute atomic E-state index is 14.9. The fourth-order valence-electron chi connectivity index (χ4n) is 3.61. The van der Waals surface area contributed by atoms with Crippen molar-refractivity contribution < 1.29 is 40.9 Å². The standard InChI is InChI=1S/C22H15F7O2/c1-10-3-4-11(14(9-10)22(27,28)29)21(2,12-5-7-15(30)19(25)17(12)23)13-6-8-16(31)20(26)18(13)24/h3-9,30-31H,1-2H3. The summed E-state index contributed by atoms with van der Waals surface area (Å²) < 4.78 is 99.6. The predicted molar refractivity (Wildman–Crippen MR) is 97.8 cm³/mol. The number of halogens is 7. The van der Waals surface area contributed by atoms with Crippen LogP contribution in [-0.2, 0) is 11.6 Å². The minimum absolute atomic E-state index is 0.188. The van der Waals surface area contributed by atoms with E-state index < -0.39 is 68.6 Å². The summed E-state index contributed by atoms with van der Waals surface area (Å²) in [5, 5.41) is 18.8. The van der Waals surface area contributed by atoms with Gasteiger partial charge in [0.1, 0.15) is 0 Å². The van der Waals surface area contributed by atoms with Gasteiger partial charge in [0.2, 0.25) is 11.6 Å². The van der Waals surface area contributed by atoms with E-state index in [9.17, 15) is 40.9 Å². The summed E-state index contributed by atoms with van der Waals surface area (Å²) in [6.45, 7) is 2.34. The van der Waals surface area contributed by atoms with Crippen LogP contribution in [0.1, 0.15) is 34.7 Å². The first-order chi connectivity index (χ1) is 14.3. The van der Waals surface area contributed by atoms with E-state index in [0.29, 0.717) is 12.1 Å². The van der Waals surface area contributed by atoms with Gasteiger partial charge in [0, 0.05) is 16.5 Å². The molecule has 0 aliphatic rings. The van der Waals surface area contributed by atoms with E-state index in [4.69, 9.17) is 0 Å². The number of hydrogen-bond acceptors (Lipinski definition) is 2. The van der Waals surface area contributed by atoms with Gasteiger partial charge >= 0.3 is 6.18 Å². The van der Waals surface area contributed by atoms with E-state index in [2.05, 4.69) is 0 Å². The molecule has 31 heavy (non-hydrogen) atoms. The van der Waals surface area contributed by atoms with Crippen LogP contribution >= 0.6 is 0 Å². The SMILES string of the molecule is Cc1ccc(C(C)(c2ccc(O)c(F)c2F)c2ccc(O)c(F)c2F)c(C(F)(F)F)c1. The Kier molecular flexibility index (Phi) is 5.41. The van der Waals surface area contributed by atoms with Crippen LogP contribution in [0.5, 0.6) is 11.5 Å². The summed E-state index contributed by atoms with van der Waals surface area (Å²) in [6, 6.07) is 5.94. The number of rotatable bonds is 3. The van der Waals surface area contributed by atoms with Gasteiger partial charge in [0.05, 0.1) is 5.56 Å². The average Bonchev–Trinajstić information content (AvgIpc) is 2.69. The van der Waals surface area contributed by atoms with Gasteiger partial charge in [-0.3, -0.25) is 0 Å². The molecule has 3 aromatic carbocycles. The Bertz CT molecular complexity index is 1110. The van der Waals surface area contributed by atoms with E-state index in [1.54, 1.807) is 0 Å². The van der Waals surface area contributed by atoms with Crippen LogP contribution in [0, 0.1) is 30.2 Å². The van der Waals surface area contributed by atoms with Gasteiger partial charge in [-0.05, 0) is 37.6 Å². The molecule has 2 nitrogen and oxygen atoms in total. The van der Waals surface area contributed by atoms with Crippen LogP contribution < -0.4 is 0 Å². The monoisotopic (exact) mass is 444 g/mol. The summed E-state index contributed by atoms with van der Waals surface area (Å²) in [7, 11) is 0. The van der Waals surface area contributed by atoms with Crippen molar-refractivity contribution in [1.82, 2.24) is 0 Å². The summed E-state index contributed by atoms with van der Waals surface area (Å²) in [5.74, 6) is -9.21. The highest BCUT2D eigenvalue weighted by Gasteiger charge is 2.45. The Labute approximate surface area is 172 Å². The van der Waals surface area contributed by atoms with Crippen LogP contribution in [0.15, 0.2) is 42.5 Å². The Morgan fingerprint density at radius 1 is 0.613 bits per heavy atom. The Morgan fingerprint density at radius 3 is 1.45 bits per heavy atom. The summed E-state index contributed by atoms with van der Waals surface area (Å²) in [5.41, 5.74) is -5.72. The third-order valence-corrected chi connectivity index (χ3v) is 5.22. The summed E-state index contributed by atoms with van der Waals surface area (Å²) in [4.78, 5) is 0. The molecule has 0 heterocycles. The van der Waals surface area contributed by atoms with Crippen molar-refractivity contribution in [2.75, 3.05) is 0 Å². The second-order valence-electron chi connectivity index (χ2n) is 7.19. The molecule has 0 unspecified atom stereocenters. The maximum atomic E-state index is 14.9. The van der Waals surface area contributed by atoms with Crippen molar-refractivity contribution in [3.05, 3.63) is 93.6 Å². The lowest BCUT2D eigenvalue weighted by molar-refractivity contribution is -0.138. The Morgan fingerprint density at radius 2 is 1.03 bits per heavy atom. The minimum Gasteiger partial charge on any atom is -0.505 e. The third-order valence-electron chi connectivity index (χ3n) is 5.22. The molecule has 2 N–H and O–H groups in total. The molecule has 3 aromatic rings. The van der Waals surface area contributed by atoms with E-state index in [0.717, 1.165) is 31.2 Å². The number of phenols is 2. The minimum atomic E-state index is -4.97. The Hall–Kier alpha value is -3.23. The number of phenolic OH excluding ortho intramolecular Hbond substituents is 2. The number of hydrogen-bond donors (Lipinski definition) is 2. The van der Waals surface area contributed by atoms with Crippen molar-refractivity contribution in [3.8, 4) is 11.5 Å². The van der Waals surface area contributed by atoms with E-state index >= 15 is 0 Å². The van der Waals surface area contributed by atoms with Gasteiger partial charge in [-0.25, -0.2) is 8.78 Å². The number of aryl methyl sites for hydroxylation is 1. The first-order valence-corrected chi connectivity index (χ1v) is 8.83. The normalized spacial score (nSPS) is 12.3. The number of alkyl halides is 3. The van der Waals surface area contributed by atoms with Crippen LogP contribution in [0.4, 0.5) is 30.7 Å². The van der Waals surface area contributed by atoms with E-state index in [-0.39, 0.29) is 5.56 Å². The third kappa shape index (κ3) is 3.58. The lowest BCUT2D eigenvalue weighted by atomic mass is 9.68. The first-order valence-electron chi connectivity index (χ1n) is 8.83. The molecule has 0 saturated carbocycles. The lowest BCUT2D eigenvalue weighted by Gasteiger charge is -2.34. The first kappa shape index (κ1) is 22.5. The summed E-state index contributed by atoms with van der Waals surface area (Å²) in [6.07, 6.45) is -4.97. The molecule has 0 aliphatic heterocycles. The Balaban J connectivity index is 2.53. The quantitative estimate of drug-likeness (QED) is 0.366. The number of benzene rings is 3. The summed E-state index contributed by atoms with van der Waals surface area (Å²) >= 11 is 0. The molecule has 0 atom stereocenters. The fourth-order valence-corrected chi connectivity index (χ4v) is 3.61. The largest absolute Gasteiger partial charge is 0.505 e. The van der Waals surface area contributed by atoms with E-state index in [1.807, 2.05) is 0 Å². The lowest BCUT2D eigenvalue weighted by Crippen LogP contribution is -2.32. The van der Waals surface area contributed by atoms with Gasteiger partial charge in [-0.15, -0.1) is 0 Å². The van der Waals surface area contributed by atoms with Gasteiger partial charge in [-0.2, -0.15) is 22.0 Å². The van der Waals surface area contributed by atoms with E-state index in [1.165, 1.54) is 13.0 Å². The molecule has 0 saturated heterocycles. The zero-order chi connectivity index (χ0) is 23.3. The molecular weight excluding hydrogens is 429 g/mol. The zero-order valence-electron chi connectivity index (χ0n) is 16.1. The van der Waals surface area contributed by atoms with Crippen LogP contribution in [0.25, 0.3) is 0 Å². The predicted octanol–water partition coefficient (Wildman–Crippen LogP) is 6.34. The molecule has 0 fully saturated rings. The molecule has 0 radical (unpaired) electrons. The van der Waals surface area contributed by atoms with Crippen molar-refractivity contribution in [2.45, 2.75) is 25.4 Å². The van der Waals surface area contributed by atoms with Crippen molar-refractivity contribution in [2.24, 2.45) is 0 Å². The fraction of sp³-hybridized carbons (Fsp3) is 0.182. The topological polar surface area (TPSA) is 40.5 Å². The average molecular weight is 444 g/mol. The number of aromatic hydroxyl groups is 2. The van der Waals surface area contributed by atoms with Gasteiger partial charge < -0.3 is 10.2 Å². The molecule has 0 spiro atoms. The van der Waals surface area contributed by atoms with Gasteiger partial charge in [-0.1, -0.05) is 29.8 Å². The highest BCUT2D eigenvalue weighted by atomic mass is 19.4. The smallest absolute Gasteiger partial charge is 0.416 e. The van der Waals surface area contributed by atoms with Crippen molar-refractivity contribution >= 4 is 0 Å². The highest BCUT2D eigenvalue weighted by Crippen LogP contribution is 2.48. The van der Waals surface area contributed by atoms with Crippen molar-refractivity contribution in [1.29, 1.82) is 0 Å². The molecule has 0 aliphatic carbocycles. The molecule has 9 heteroatoms. The molecule has 3 rings (SSSR count). The zero-order valence-corrected chi connectivity index (χ0v) is 16.1. The van der Waals surface area contributed by atoms with Crippen LogP contribution in [0.2, 0.25) is 0 Å². The molecule has 0 bridgehead atoms. The second-order valence-corrected chi connectivity index (χ2v) is 7.19. The van der Waals surface area contributed by atoms with Crippen molar-refractivity contribution in [3.63, 3.8) is 0 Å². The molecule has 164 valence electrons. The molecule has 0 amide bonds.